The number of amides is 1. The maximum Gasteiger partial charge on any atom is 0.272 e. The maximum atomic E-state index is 11.8. The van der Waals surface area contributed by atoms with E-state index in [1.165, 1.54) is 6.20 Å². The van der Waals surface area contributed by atoms with Crippen LogP contribution in [-0.4, -0.2) is 17.1 Å². The van der Waals surface area contributed by atoms with Gasteiger partial charge in [-0.05, 0) is 47.5 Å². The van der Waals surface area contributed by atoms with Gasteiger partial charge in [-0.1, -0.05) is 30.3 Å². The monoisotopic (exact) mass is 331 g/mol. The summed E-state index contributed by atoms with van der Waals surface area (Å²) >= 11 is 0. The van der Waals surface area contributed by atoms with Crippen LogP contribution >= 0.6 is 0 Å². The van der Waals surface area contributed by atoms with E-state index in [0.717, 1.165) is 16.9 Å². The van der Waals surface area contributed by atoms with Crippen molar-refractivity contribution in [1.82, 2.24) is 10.4 Å². The van der Waals surface area contributed by atoms with Crippen LogP contribution in [0.1, 0.15) is 21.5 Å². The highest BCUT2D eigenvalue weighted by atomic mass is 16.5. The molecule has 0 spiro atoms. The lowest BCUT2D eigenvalue weighted by atomic mass is 10.2. The fraction of sp³-hybridized carbons (Fsp3) is 0.0500. The van der Waals surface area contributed by atoms with Crippen molar-refractivity contribution >= 4 is 12.1 Å². The van der Waals surface area contributed by atoms with Gasteiger partial charge in [0, 0.05) is 12.4 Å². The molecule has 0 saturated carbocycles. The van der Waals surface area contributed by atoms with Crippen LogP contribution in [0.3, 0.4) is 0 Å². The minimum Gasteiger partial charge on any atom is -0.489 e. The van der Waals surface area contributed by atoms with E-state index in [2.05, 4.69) is 15.5 Å². The molecular weight excluding hydrogens is 314 g/mol. The standard InChI is InChI=1S/C20H17N3O2/c24-20(18-7-4-12-21-14-18)23-22-13-16-8-10-19(11-9-16)25-15-17-5-2-1-3-6-17/h1-14H,15H2,(H,23,24). The van der Waals surface area contributed by atoms with Crippen molar-refractivity contribution in [2.24, 2.45) is 5.10 Å². The number of hydrogen-bond acceptors (Lipinski definition) is 4. The van der Waals surface area contributed by atoms with Crippen molar-refractivity contribution < 1.29 is 9.53 Å². The van der Waals surface area contributed by atoms with E-state index in [4.69, 9.17) is 4.74 Å². The van der Waals surface area contributed by atoms with Crippen LogP contribution in [0.2, 0.25) is 0 Å². The molecular formula is C20H17N3O2. The summed E-state index contributed by atoms with van der Waals surface area (Å²) in [6.07, 6.45) is 4.68. The van der Waals surface area contributed by atoms with E-state index in [1.54, 1.807) is 24.5 Å². The third-order valence-electron chi connectivity index (χ3n) is 3.43. The Labute approximate surface area is 146 Å². The lowest BCUT2D eigenvalue weighted by Crippen LogP contribution is -2.17. The molecule has 0 aliphatic rings. The van der Waals surface area contributed by atoms with Crippen molar-refractivity contribution in [1.29, 1.82) is 0 Å². The minimum absolute atomic E-state index is 0.299. The molecule has 0 radical (unpaired) electrons. The predicted molar refractivity (Wildman–Crippen MR) is 96.5 cm³/mol. The van der Waals surface area contributed by atoms with E-state index in [0.29, 0.717) is 12.2 Å². The van der Waals surface area contributed by atoms with Gasteiger partial charge in [0.2, 0.25) is 0 Å². The molecule has 25 heavy (non-hydrogen) atoms. The summed E-state index contributed by atoms with van der Waals surface area (Å²) in [4.78, 5) is 15.7. The van der Waals surface area contributed by atoms with E-state index in [-0.39, 0.29) is 5.91 Å². The van der Waals surface area contributed by atoms with Gasteiger partial charge in [-0.25, -0.2) is 5.43 Å². The Morgan fingerprint density at radius 1 is 1.04 bits per heavy atom. The number of benzene rings is 2. The molecule has 5 heteroatoms. The summed E-state index contributed by atoms with van der Waals surface area (Å²) in [6.45, 7) is 0.523. The second-order valence-corrected chi connectivity index (χ2v) is 5.28. The normalized spacial score (nSPS) is 10.6. The second kappa shape index (κ2) is 8.40. The first-order valence-corrected chi connectivity index (χ1v) is 7.81. The number of carbonyl (C=O) groups excluding carboxylic acids is 1. The zero-order chi connectivity index (χ0) is 17.3. The molecule has 0 unspecified atom stereocenters. The summed E-state index contributed by atoms with van der Waals surface area (Å²) < 4.78 is 5.73. The van der Waals surface area contributed by atoms with Crippen molar-refractivity contribution in [2.75, 3.05) is 0 Å². The molecule has 1 aromatic heterocycles. The summed E-state index contributed by atoms with van der Waals surface area (Å²) in [5, 5.41) is 3.95. The maximum absolute atomic E-state index is 11.8. The highest BCUT2D eigenvalue weighted by molar-refractivity contribution is 5.94. The largest absolute Gasteiger partial charge is 0.489 e. The molecule has 0 saturated heterocycles. The number of ether oxygens (including phenoxy) is 1. The van der Waals surface area contributed by atoms with Gasteiger partial charge in [-0.15, -0.1) is 0 Å². The van der Waals surface area contributed by atoms with Crippen LogP contribution in [0.5, 0.6) is 5.75 Å². The molecule has 1 heterocycles. The van der Waals surface area contributed by atoms with Gasteiger partial charge in [0.1, 0.15) is 12.4 Å². The van der Waals surface area contributed by atoms with E-state index in [1.807, 2.05) is 54.6 Å². The number of nitrogens with one attached hydrogen (secondary N) is 1. The summed E-state index contributed by atoms with van der Waals surface area (Å²) in [6, 6.07) is 20.9. The van der Waals surface area contributed by atoms with Gasteiger partial charge in [0.25, 0.3) is 5.91 Å². The van der Waals surface area contributed by atoms with Crippen molar-refractivity contribution in [3.05, 3.63) is 95.8 Å². The first-order chi connectivity index (χ1) is 12.3. The number of hydrogen-bond donors (Lipinski definition) is 1. The highest BCUT2D eigenvalue weighted by Crippen LogP contribution is 2.13. The average molecular weight is 331 g/mol. The summed E-state index contributed by atoms with van der Waals surface area (Å²) in [7, 11) is 0. The van der Waals surface area contributed by atoms with Crippen LogP contribution in [0, 0.1) is 0 Å². The molecule has 2 aromatic carbocycles. The third-order valence-corrected chi connectivity index (χ3v) is 3.43. The number of aromatic nitrogens is 1. The van der Waals surface area contributed by atoms with Crippen LogP contribution in [-0.2, 0) is 6.61 Å². The number of rotatable bonds is 6. The lowest BCUT2D eigenvalue weighted by molar-refractivity contribution is 0.0955. The van der Waals surface area contributed by atoms with Gasteiger partial charge >= 0.3 is 0 Å². The van der Waals surface area contributed by atoms with Crippen LogP contribution < -0.4 is 10.2 Å². The molecule has 3 rings (SSSR count). The molecule has 5 nitrogen and oxygen atoms in total. The Morgan fingerprint density at radius 2 is 1.84 bits per heavy atom. The van der Waals surface area contributed by atoms with Crippen molar-refractivity contribution in [3.8, 4) is 5.75 Å². The Balaban J connectivity index is 1.51. The quantitative estimate of drug-likeness (QED) is 0.556. The number of hydrazone groups is 1. The molecule has 1 amide bonds. The predicted octanol–water partition coefficient (Wildman–Crippen LogP) is 3.42. The Hall–Kier alpha value is -3.47. The topological polar surface area (TPSA) is 63.6 Å². The van der Waals surface area contributed by atoms with Crippen molar-refractivity contribution in [3.63, 3.8) is 0 Å². The van der Waals surface area contributed by atoms with Gasteiger partial charge in [0.15, 0.2) is 0 Å². The smallest absolute Gasteiger partial charge is 0.272 e. The zero-order valence-corrected chi connectivity index (χ0v) is 13.5. The molecule has 0 fully saturated rings. The first-order valence-electron chi connectivity index (χ1n) is 7.81. The van der Waals surface area contributed by atoms with Crippen LogP contribution in [0.15, 0.2) is 84.2 Å². The van der Waals surface area contributed by atoms with Gasteiger partial charge in [-0.2, -0.15) is 5.10 Å². The highest BCUT2D eigenvalue weighted by Gasteiger charge is 2.02. The van der Waals surface area contributed by atoms with Gasteiger partial charge in [-0.3, -0.25) is 9.78 Å². The molecule has 0 aliphatic carbocycles. The number of pyridine rings is 1. The fourth-order valence-corrected chi connectivity index (χ4v) is 2.12. The fourth-order valence-electron chi connectivity index (χ4n) is 2.12. The average Bonchev–Trinajstić information content (AvgIpc) is 2.69. The number of carbonyl (C=O) groups is 1. The Kier molecular flexibility index (Phi) is 5.51. The molecule has 0 bridgehead atoms. The Bertz CT molecular complexity index is 832. The van der Waals surface area contributed by atoms with E-state index >= 15 is 0 Å². The Morgan fingerprint density at radius 3 is 2.56 bits per heavy atom. The molecule has 3 aromatic rings. The summed E-state index contributed by atoms with van der Waals surface area (Å²) in [5.74, 6) is 0.479. The lowest BCUT2D eigenvalue weighted by Gasteiger charge is -2.06. The van der Waals surface area contributed by atoms with Gasteiger partial charge < -0.3 is 4.74 Å². The summed E-state index contributed by atoms with van der Waals surface area (Å²) in [5.41, 5.74) is 4.91. The molecule has 1 N–H and O–H groups in total. The van der Waals surface area contributed by atoms with Crippen LogP contribution in [0.25, 0.3) is 0 Å². The van der Waals surface area contributed by atoms with Crippen molar-refractivity contribution in [2.45, 2.75) is 6.61 Å². The third kappa shape index (κ3) is 5.00. The van der Waals surface area contributed by atoms with E-state index < -0.39 is 0 Å². The SMILES string of the molecule is O=C(NN=Cc1ccc(OCc2ccccc2)cc1)c1cccnc1. The first kappa shape index (κ1) is 16.4. The molecule has 124 valence electrons. The zero-order valence-electron chi connectivity index (χ0n) is 13.5. The molecule has 0 aliphatic heterocycles. The minimum atomic E-state index is -0.299. The van der Waals surface area contributed by atoms with E-state index in [9.17, 15) is 4.79 Å². The van der Waals surface area contributed by atoms with Crippen LogP contribution in [0.4, 0.5) is 0 Å². The number of nitrogens with zero attached hydrogens (tertiary/aromatic N) is 2. The van der Waals surface area contributed by atoms with Gasteiger partial charge in [0.05, 0.1) is 11.8 Å². The molecule has 0 atom stereocenters. The second-order valence-electron chi connectivity index (χ2n) is 5.28.